The topological polar surface area (TPSA) is 61.8 Å². The number of methoxy groups -OCH3 is 1. The standard InChI is InChI=1S/C17H24O5/c1-4-21-16(18)11-7-10-15(17(19)22-5-2)13-8-6-9-14(12-13)20-3/h6,8-9,12,15H,4-5,7,10-11H2,1-3H3. The predicted molar refractivity (Wildman–Crippen MR) is 82.9 cm³/mol. The van der Waals surface area contributed by atoms with Crippen molar-refractivity contribution in [2.45, 2.75) is 39.0 Å². The molecule has 1 unspecified atom stereocenters. The number of hydrogen-bond acceptors (Lipinski definition) is 5. The summed E-state index contributed by atoms with van der Waals surface area (Å²) in [4.78, 5) is 23.6. The normalized spacial score (nSPS) is 11.6. The predicted octanol–water partition coefficient (Wildman–Crippen LogP) is 3.08. The molecule has 0 aliphatic heterocycles. The van der Waals surface area contributed by atoms with Crippen LogP contribution in [-0.2, 0) is 19.1 Å². The fourth-order valence-corrected chi connectivity index (χ4v) is 2.21. The first kappa shape index (κ1) is 18.0. The van der Waals surface area contributed by atoms with Gasteiger partial charge in [0.1, 0.15) is 5.75 Å². The summed E-state index contributed by atoms with van der Waals surface area (Å²) >= 11 is 0. The molecule has 0 N–H and O–H groups in total. The quantitative estimate of drug-likeness (QED) is 0.656. The molecular weight excluding hydrogens is 284 g/mol. The smallest absolute Gasteiger partial charge is 0.313 e. The highest BCUT2D eigenvalue weighted by Crippen LogP contribution is 2.27. The number of rotatable bonds is 9. The zero-order valence-corrected chi connectivity index (χ0v) is 13.5. The van der Waals surface area contributed by atoms with Crippen LogP contribution < -0.4 is 4.74 Å². The Labute approximate surface area is 131 Å². The molecule has 0 saturated heterocycles. The van der Waals surface area contributed by atoms with E-state index in [0.717, 1.165) is 5.56 Å². The molecule has 5 nitrogen and oxygen atoms in total. The van der Waals surface area contributed by atoms with E-state index in [1.54, 1.807) is 21.0 Å². The van der Waals surface area contributed by atoms with Crippen LogP contribution in [0, 0.1) is 0 Å². The highest BCUT2D eigenvalue weighted by molar-refractivity contribution is 5.78. The van der Waals surface area contributed by atoms with E-state index in [0.29, 0.717) is 38.2 Å². The van der Waals surface area contributed by atoms with Gasteiger partial charge in [-0.05, 0) is 44.4 Å². The van der Waals surface area contributed by atoms with Crippen LogP contribution in [0.4, 0.5) is 0 Å². The van der Waals surface area contributed by atoms with Gasteiger partial charge in [-0.1, -0.05) is 12.1 Å². The number of hydrogen-bond donors (Lipinski definition) is 0. The van der Waals surface area contributed by atoms with Crippen molar-refractivity contribution in [3.63, 3.8) is 0 Å². The molecule has 1 aromatic carbocycles. The second kappa shape index (κ2) is 9.82. The van der Waals surface area contributed by atoms with E-state index >= 15 is 0 Å². The van der Waals surface area contributed by atoms with Gasteiger partial charge in [0, 0.05) is 6.42 Å². The van der Waals surface area contributed by atoms with Crippen LogP contribution in [-0.4, -0.2) is 32.3 Å². The van der Waals surface area contributed by atoms with Crippen molar-refractivity contribution in [3.05, 3.63) is 29.8 Å². The number of ether oxygens (including phenoxy) is 3. The molecule has 0 radical (unpaired) electrons. The average molecular weight is 308 g/mol. The van der Waals surface area contributed by atoms with Crippen LogP contribution in [0.3, 0.4) is 0 Å². The summed E-state index contributed by atoms with van der Waals surface area (Å²) in [5.41, 5.74) is 0.835. The molecule has 0 heterocycles. The monoisotopic (exact) mass is 308 g/mol. The Morgan fingerprint density at radius 1 is 1.14 bits per heavy atom. The van der Waals surface area contributed by atoms with Crippen LogP contribution in [0.2, 0.25) is 0 Å². The minimum absolute atomic E-state index is 0.240. The maximum absolute atomic E-state index is 12.2. The van der Waals surface area contributed by atoms with Crippen LogP contribution in [0.25, 0.3) is 0 Å². The van der Waals surface area contributed by atoms with Crippen LogP contribution in [0.15, 0.2) is 24.3 Å². The molecule has 1 aromatic rings. The van der Waals surface area contributed by atoms with Crippen molar-refractivity contribution in [1.82, 2.24) is 0 Å². The van der Waals surface area contributed by atoms with E-state index in [9.17, 15) is 9.59 Å². The Balaban J connectivity index is 2.75. The molecule has 0 amide bonds. The van der Waals surface area contributed by atoms with Gasteiger partial charge in [0.05, 0.1) is 26.2 Å². The lowest BCUT2D eigenvalue weighted by Crippen LogP contribution is -2.17. The summed E-state index contributed by atoms with van der Waals surface area (Å²) in [6.07, 6.45) is 1.40. The molecule has 0 aliphatic carbocycles. The van der Waals surface area contributed by atoms with E-state index in [1.165, 1.54) is 0 Å². The highest BCUT2D eigenvalue weighted by atomic mass is 16.5. The third-order valence-electron chi connectivity index (χ3n) is 3.25. The third kappa shape index (κ3) is 5.76. The van der Waals surface area contributed by atoms with Gasteiger partial charge in [-0.2, -0.15) is 0 Å². The fourth-order valence-electron chi connectivity index (χ4n) is 2.21. The molecule has 1 atom stereocenters. The van der Waals surface area contributed by atoms with Crippen LogP contribution >= 0.6 is 0 Å². The molecule has 122 valence electrons. The second-order valence-corrected chi connectivity index (χ2v) is 4.78. The molecule has 5 heteroatoms. The number of benzene rings is 1. The SMILES string of the molecule is CCOC(=O)CCCC(C(=O)OCC)c1cccc(OC)c1. The van der Waals surface area contributed by atoms with Crippen molar-refractivity contribution < 1.29 is 23.8 Å². The van der Waals surface area contributed by atoms with E-state index < -0.39 is 5.92 Å². The lowest BCUT2D eigenvalue weighted by molar-refractivity contribution is -0.146. The Kier molecular flexibility index (Phi) is 8.04. The maximum atomic E-state index is 12.2. The summed E-state index contributed by atoms with van der Waals surface area (Å²) in [6.45, 7) is 4.25. The van der Waals surface area contributed by atoms with Gasteiger partial charge >= 0.3 is 11.9 Å². The zero-order chi connectivity index (χ0) is 16.4. The summed E-state index contributed by atoms with van der Waals surface area (Å²) in [6, 6.07) is 7.36. The minimum Gasteiger partial charge on any atom is -0.497 e. The van der Waals surface area contributed by atoms with Gasteiger partial charge in [0.2, 0.25) is 0 Å². The van der Waals surface area contributed by atoms with Gasteiger partial charge < -0.3 is 14.2 Å². The van der Waals surface area contributed by atoms with Gasteiger partial charge in [-0.15, -0.1) is 0 Å². The molecule has 0 aromatic heterocycles. The molecule has 0 saturated carbocycles. The van der Waals surface area contributed by atoms with E-state index in [1.807, 2.05) is 24.3 Å². The Morgan fingerprint density at radius 2 is 1.86 bits per heavy atom. The summed E-state index contributed by atoms with van der Waals surface area (Å²) in [7, 11) is 1.58. The Morgan fingerprint density at radius 3 is 2.50 bits per heavy atom. The molecule has 1 rings (SSSR count). The molecule has 0 aliphatic rings. The Hall–Kier alpha value is -2.04. The molecule has 0 fully saturated rings. The maximum Gasteiger partial charge on any atom is 0.313 e. The van der Waals surface area contributed by atoms with Crippen molar-refractivity contribution in [2.75, 3.05) is 20.3 Å². The number of esters is 2. The molecular formula is C17H24O5. The lowest BCUT2D eigenvalue weighted by atomic mass is 9.93. The van der Waals surface area contributed by atoms with E-state index in [2.05, 4.69) is 0 Å². The minimum atomic E-state index is -0.399. The lowest BCUT2D eigenvalue weighted by Gasteiger charge is -2.16. The van der Waals surface area contributed by atoms with Crippen molar-refractivity contribution >= 4 is 11.9 Å². The molecule has 0 bridgehead atoms. The van der Waals surface area contributed by atoms with Gasteiger partial charge in [-0.25, -0.2) is 0 Å². The summed E-state index contributed by atoms with van der Waals surface area (Å²) < 4.78 is 15.2. The first-order valence-corrected chi connectivity index (χ1v) is 7.58. The first-order valence-electron chi connectivity index (χ1n) is 7.58. The summed E-state index contributed by atoms with van der Waals surface area (Å²) in [5.74, 6) is -0.225. The van der Waals surface area contributed by atoms with Gasteiger partial charge in [0.25, 0.3) is 0 Å². The molecule has 22 heavy (non-hydrogen) atoms. The van der Waals surface area contributed by atoms with E-state index in [-0.39, 0.29) is 11.9 Å². The molecule has 0 spiro atoms. The number of carbonyl (C=O) groups excluding carboxylic acids is 2. The first-order chi connectivity index (χ1) is 10.6. The van der Waals surface area contributed by atoms with Gasteiger partial charge in [-0.3, -0.25) is 9.59 Å². The largest absolute Gasteiger partial charge is 0.497 e. The van der Waals surface area contributed by atoms with E-state index in [4.69, 9.17) is 14.2 Å². The van der Waals surface area contributed by atoms with Crippen LogP contribution in [0.1, 0.15) is 44.6 Å². The summed E-state index contributed by atoms with van der Waals surface area (Å²) in [5, 5.41) is 0. The van der Waals surface area contributed by atoms with Crippen molar-refractivity contribution in [3.8, 4) is 5.75 Å². The van der Waals surface area contributed by atoms with Gasteiger partial charge in [0.15, 0.2) is 0 Å². The van der Waals surface area contributed by atoms with Crippen molar-refractivity contribution in [1.29, 1.82) is 0 Å². The Bertz CT molecular complexity index is 484. The third-order valence-corrected chi connectivity index (χ3v) is 3.25. The fraction of sp³-hybridized carbons (Fsp3) is 0.529. The van der Waals surface area contributed by atoms with Crippen molar-refractivity contribution in [2.24, 2.45) is 0 Å². The highest BCUT2D eigenvalue weighted by Gasteiger charge is 2.22. The zero-order valence-electron chi connectivity index (χ0n) is 13.5. The number of carbonyl (C=O) groups is 2. The average Bonchev–Trinajstić information content (AvgIpc) is 2.52. The second-order valence-electron chi connectivity index (χ2n) is 4.78. The van der Waals surface area contributed by atoms with Crippen LogP contribution in [0.5, 0.6) is 5.75 Å².